The molecule has 0 aliphatic carbocycles. The van der Waals surface area contributed by atoms with Crippen molar-refractivity contribution in [2.75, 3.05) is 30.9 Å². The molecule has 0 bridgehead atoms. The Balaban J connectivity index is 2.60. The molecule has 1 aromatic rings. The smallest absolute Gasteiger partial charge is 0.251 e. The van der Waals surface area contributed by atoms with Gasteiger partial charge in [-0.1, -0.05) is 35.3 Å². The molecule has 1 atom stereocenters. The molecule has 0 saturated carbocycles. The van der Waals surface area contributed by atoms with Gasteiger partial charge in [0.25, 0.3) is 5.91 Å². The molecule has 4 heteroatoms. The molecule has 1 rings (SSSR count). The molecular weight excluding hydrogens is 304 g/mol. The zero-order valence-corrected chi connectivity index (χ0v) is 13.5. The summed E-state index contributed by atoms with van der Waals surface area (Å²) in [6, 6.07) is 7.69. The van der Waals surface area contributed by atoms with Gasteiger partial charge in [-0.2, -0.15) is 0 Å². The van der Waals surface area contributed by atoms with Gasteiger partial charge in [0.2, 0.25) is 0 Å². The highest BCUT2D eigenvalue weighted by molar-refractivity contribution is 9.09. The number of hydrogen-bond donors (Lipinski definition) is 1. The van der Waals surface area contributed by atoms with Crippen LogP contribution in [0.3, 0.4) is 0 Å². The van der Waals surface area contributed by atoms with E-state index < -0.39 is 0 Å². The highest BCUT2D eigenvalue weighted by atomic mass is 79.9. The van der Waals surface area contributed by atoms with Gasteiger partial charge in [0, 0.05) is 37.2 Å². The molecule has 1 aromatic carbocycles. The van der Waals surface area contributed by atoms with Crippen LogP contribution in [0.15, 0.2) is 24.3 Å². The Kier molecular flexibility index (Phi) is 6.92. The lowest BCUT2D eigenvalue weighted by molar-refractivity contribution is 0.0946. The maximum Gasteiger partial charge on any atom is 0.251 e. The summed E-state index contributed by atoms with van der Waals surface area (Å²) in [5, 5.41) is 4.01. The number of hydrogen-bond acceptors (Lipinski definition) is 2. The quantitative estimate of drug-likeness (QED) is 0.780. The molecule has 0 aliphatic heterocycles. The molecule has 0 saturated heterocycles. The van der Waals surface area contributed by atoms with E-state index in [1.165, 1.54) is 0 Å². The van der Waals surface area contributed by atoms with Gasteiger partial charge in [0.15, 0.2) is 0 Å². The van der Waals surface area contributed by atoms with Gasteiger partial charge in [0.05, 0.1) is 0 Å². The van der Waals surface area contributed by atoms with E-state index in [0.717, 1.165) is 36.0 Å². The van der Waals surface area contributed by atoms with Crippen molar-refractivity contribution < 1.29 is 4.79 Å². The molecule has 0 heterocycles. The summed E-state index contributed by atoms with van der Waals surface area (Å²) in [5.74, 6) is 0.553. The first-order valence-electron chi connectivity index (χ1n) is 6.70. The average Bonchev–Trinajstić information content (AvgIpc) is 2.43. The Morgan fingerprint density at radius 1 is 1.42 bits per heavy atom. The number of nitrogens with zero attached hydrogens (tertiary/aromatic N) is 1. The summed E-state index contributed by atoms with van der Waals surface area (Å²) in [6.07, 6.45) is 2.18. The van der Waals surface area contributed by atoms with Crippen LogP contribution >= 0.6 is 15.9 Å². The van der Waals surface area contributed by atoms with Crippen molar-refractivity contribution in [2.45, 2.75) is 19.8 Å². The fourth-order valence-electron chi connectivity index (χ4n) is 1.87. The topological polar surface area (TPSA) is 32.3 Å². The van der Waals surface area contributed by atoms with Crippen LogP contribution in [-0.2, 0) is 0 Å². The van der Waals surface area contributed by atoms with Crippen molar-refractivity contribution >= 4 is 27.5 Å². The van der Waals surface area contributed by atoms with Crippen molar-refractivity contribution in [3.05, 3.63) is 29.8 Å². The molecule has 1 unspecified atom stereocenters. The van der Waals surface area contributed by atoms with Gasteiger partial charge in [-0.05, 0) is 30.5 Å². The fraction of sp³-hybridized carbons (Fsp3) is 0.533. The lowest BCUT2D eigenvalue weighted by Gasteiger charge is -2.16. The Morgan fingerprint density at radius 3 is 2.74 bits per heavy atom. The van der Waals surface area contributed by atoms with E-state index >= 15 is 0 Å². The van der Waals surface area contributed by atoms with Crippen molar-refractivity contribution in [1.82, 2.24) is 5.32 Å². The lowest BCUT2D eigenvalue weighted by atomic mass is 10.0. The van der Waals surface area contributed by atoms with Crippen LogP contribution in [0.25, 0.3) is 0 Å². The predicted octanol–water partition coefficient (Wildman–Crippen LogP) is 3.29. The van der Waals surface area contributed by atoms with E-state index in [1.807, 2.05) is 43.3 Å². The second kappa shape index (κ2) is 8.20. The third-order valence-electron chi connectivity index (χ3n) is 3.27. The first-order valence-corrected chi connectivity index (χ1v) is 7.82. The molecule has 0 fully saturated rings. The van der Waals surface area contributed by atoms with Crippen LogP contribution in [0.1, 0.15) is 30.1 Å². The van der Waals surface area contributed by atoms with Crippen LogP contribution < -0.4 is 10.2 Å². The monoisotopic (exact) mass is 326 g/mol. The van der Waals surface area contributed by atoms with Crippen molar-refractivity contribution in [1.29, 1.82) is 0 Å². The van der Waals surface area contributed by atoms with E-state index in [1.54, 1.807) is 0 Å². The van der Waals surface area contributed by atoms with E-state index in [2.05, 4.69) is 28.2 Å². The minimum atomic E-state index is 0.0109. The maximum atomic E-state index is 12.1. The van der Waals surface area contributed by atoms with Crippen molar-refractivity contribution in [3.63, 3.8) is 0 Å². The predicted molar refractivity (Wildman–Crippen MR) is 85.3 cm³/mol. The number of rotatable bonds is 7. The number of amides is 1. The zero-order chi connectivity index (χ0) is 14.3. The van der Waals surface area contributed by atoms with Crippen LogP contribution in [-0.4, -0.2) is 31.9 Å². The Hall–Kier alpha value is -1.03. The van der Waals surface area contributed by atoms with Gasteiger partial charge in [-0.3, -0.25) is 4.79 Å². The fourth-order valence-corrected chi connectivity index (χ4v) is 2.52. The Morgan fingerprint density at radius 2 is 2.16 bits per heavy atom. The molecule has 0 aliphatic rings. The summed E-state index contributed by atoms with van der Waals surface area (Å²) in [5.41, 5.74) is 1.76. The number of carbonyl (C=O) groups is 1. The van der Waals surface area contributed by atoms with E-state index in [-0.39, 0.29) is 5.91 Å². The SMILES string of the molecule is CCC(CCBr)CNC(=O)c1cccc(N(C)C)c1. The van der Waals surface area contributed by atoms with Crippen LogP contribution in [0, 0.1) is 5.92 Å². The average molecular weight is 327 g/mol. The summed E-state index contributed by atoms with van der Waals surface area (Å²) in [6.45, 7) is 2.90. The van der Waals surface area contributed by atoms with Gasteiger partial charge >= 0.3 is 0 Å². The first kappa shape index (κ1) is 16.0. The van der Waals surface area contributed by atoms with Crippen molar-refractivity contribution in [3.8, 4) is 0 Å². The Labute approximate surface area is 124 Å². The van der Waals surface area contributed by atoms with E-state index in [0.29, 0.717) is 5.92 Å². The molecule has 1 amide bonds. The van der Waals surface area contributed by atoms with E-state index in [4.69, 9.17) is 0 Å². The number of alkyl halides is 1. The van der Waals surface area contributed by atoms with Gasteiger partial charge in [-0.15, -0.1) is 0 Å². The first-order chi connectivity index (χ1) is 9.08. The van der Waals surface area contributed by atoms with Gasteiger partial charge in [-0.25, -0.2) is 0 Å². The molecule has 106 valence electrons. The standard InChI is InChI=1S/C15H23BrN2O/c1-4-12(8-9-16)11-17-15(19)13-6-5-7-14(10-13)18(2)3/h5-7,10,12H,4,8-9,11H2,1-3H3,(H,17,19). The molecule has 19 heavy (non-hydrogen) atoms. The van der Waals surface area contributed by atoms with Crippen molar-refractivity contribution in [2.24, 2.45) is 5.92 Å². The normalized spacial score (nSPS) is 12.0. The summed E-state index contributed by atoms with van der Waals surface area (Å²) >= 11 is 3.45. The summed E-state index contributed by atoms with van der Waals surface area (Å²) in [4.78, 5) is 14.1. The van der Waals surface area contributed by atoms with Gasteiger partial charge < -0.3 is 10.2 Å². The summed E-state index contributed by atoms with van der Waals surface area (Å²) in [7, 11) is 3.94. The van der Waals surface area contributed by atoms with Crippen LogP contribution in [0.2, 0.25) is 0 Å². The number of carbonyl (C=O) groups excluding carboxylic acids is 1. The number of anilines is 1. The molecule has 0 spiro atoms. The van der Waals surface area contributed by atoms with Crippen LogP contribution in [0.4, 0.5) is 5.69 Å². The third kappa shape index (κ3) is 5.23. The zero-order valence-electron chi connectivity index (χ0n) is 11.9. The largest absolute Gasteiger partial charge is 0.378 e. The second-order valence-corrected chi connectivity index (χ2v) is 5.70. The molecular formula is C15H23BrN2O. The molecule has 0 radical (unpaired) electrons. The second-order valence-electron chi connectivity index (χ2n) is 4.91. The van der Waals surface area contributed by atoms with E-state index in [9.17, 15) is 4.79 Å². The minimum Gasteiger partial charge on any atom is -0.378 e. The minimum absolute atomic E-state index is 0.0109. The Bertz CT molecular complexity index is 407. The number of nitrogens with one attached hydrogen (secondary N) is 1. The lowest BCUT2D eigenvalue weighted by Crippen LogP contribution is -2.29. The summed E-state index contributed by atoms with van der Waals surface area (Å²) < 4.78 is 0. The number of benzene rings is 1. The molecule has 1 N–H and O–H groups in total. The molecule has 3 nitrogen and oxygen atoms in total. The molecule has 0 aromatic heterocycles. The highest BCUT2D eigenvalue weighted by Gasteiger charge is 2.10. The number of halogens is 1. The van der Waals surface area contributed by atoms with Gasteiger partial charge in [0.1, 0.15) is 0 Å². The highest BCUT2D eigenvalue weighted by Crippen LogP contribution is 2.14. The van der Waals surface area contributed by atoms with Crippen LogP contribution in [0.5, 0.6) is 0 Å². The third-order valence-corrected chi connectivity index (χ3v) is 3.73. The maximum absolute atomic E-state index is 12.1.